The van der Waals surface area contributed by atoms with Crippen LogP contribution in [0.1, 0.15) is 46.4 Å². The molecule has 1 aromatic rings. The zero-order valence-electron chi connectivity index (χ0n) is 13.7. The molecule has 5 heteroatoms. The summed E-state index contributed by atoms with van der Waals surface area (Å²) >= 11 is 0. The Kier molecular flexibility index (Phi) is 5.79. The van der Waals surface area contributed by atoms with E-state index in [0.717, 1.165) is 56.4 Å². The van der Waals surface area contributed by atoms with Gasteiger partial charge in [-0.1, -0.05) is 20.8 Å². The van der Waals surface area contributed by atoms with E-state index in [-0.39, 0.29) is 6.10 Å². The summed E-state index contributed by atoms with van der Waals surface area (Å²) in [6, 6.07) is 2.48. The SMILES string of the molecule is CCCNc1cc(N2CC(C)OCC2CC)nc(CC)n1. The summed E-state index contributed by atoms with van der Waals surface area (Å²) in [5, 5.41) is 3.38. The van der Waals surface area contributed by atoms with Crippen LogP contribution in [0.3, 0.4) is 0 Å². The van der Waals surface area contributed by atoms with Crippen LogP contribution >= 0.6 is 0 Å². The Labute approximate surface area is 128 Å². The van der Waals surface area contributed by atoms with Gasteiger partial charge in [0.25, 0.3) is 0 Å². The number of hydrogen-bond donors (Lipinski definition) is 1. The standard InChI is InChI=1S/C16H28N4O/c1-5-8-17-15-9-16(19-14(7-3)18-15)20-10-12(4)21-11-13(20)6-2/h9,12-13H,5-8,10-11H2,1-4H3,(H,17,18,19). The predicted octanol–water partition coefficient (Wildman–Crippen LogP) is 2.86. The number of morpholine rings is 1. The second kappa shape index (κ2) is 7.59. The zero-order valence-corrected chi connectivity index (χ0v) is 13.7. The smallest absolute Gasteiger partial charge is 0.134 e. The summed E-state index contributed by atoms with van der Waals surface area (Å²) in [6.45, 7) is 11.2. The van der Waals surface area contributed by atoms with Crippen LogP contribution in [0.5, 0.6) is 0 Å². The maximum Gasteiger partial charge on any atom is 0.134 e. The van der Waals surface area contributed by atoms with Crippen LogP contribution < -0.4 is 10.2 Å². The second-order valence-corrected chi connectivity index (χ2v) is 5.67. The summed E-state index contributed by atoms with van der Waals surface area (Å²) in [4.78, 5) is 11.7. The fourth-order valence-corrected chi connectivity index (χ4v) is 2.59. The monoisotopic (exact) mass is 292 g/mol. The number of nitrogens with zero attached hydrogens (tertiary/aromatic N) is 3. The van der Waals surface area contributed by atoms with Gasteiger partial charge in [-0.3, -0.25) is 0 Å². The van der Waals surface area contributed by atoms with Crippen molar-refractivity contribution in [2.45, 2.75) is 59.1 Å². The molecule has 5 nitrogen and oxygen atoms in total. The summed E-state index contributed by atoms with van der Waals surface area (Å²) in [6.07, 6.45) is 3.26. The van der Waals surface area contributed by atoms with E-state index in [4.69, 9.17) is 9.72 Å². The molecule has 1 saturated heterocycles. The largest absolute Gasteiger partial charge is 0.375 e. The summed E-state index contributed by atoms with van der Waals surface area (Å²) in [5.74, 6) is 2.87. The molecule has 1 aliphatic heterocycles. The van der Waals surface area contributed by atoms with E-state index in [1.807, 2.05) is 0 Å². The lowest BCUT2D eigenvalue weighted by Gasteiger charge is -2.39. The number of nitrogens with one attached hydrogen (secondary N) is 1. The quantitative estimate of drug-likeness (QED) is 0.873. The van der Waals surface area contributed by atoms with Crippen molar-refractivity contribution in [1.29, 1.82) is 0 Å². The van der Waals surface area contributed by atoms with Crippen LogP contribution in [-0.2, 0) is 11.2 Å². The van der Waals surface area contributed by atoms with Crippen molar-refractivity contribution >= 4 is 11.6 Å². The van der Waals surface area contributed by atoms with Gasteiger partial charge in [-0.25, -0.2) is 9.97 Å². The minimum absolute atomic E-state index is 0.250. The average molecular weight is 292 g/mol. The van der Waals surface area contributed by atoms with Crippen LogP contribution in [0.2, 0.25) is 0 Å². The minimum atomic E-state index is 0.250. The average Bonchev–Trinajstić information content (AvgIpc) is 2.52. The van der Waals surface area contributed by atoms with Crippen molar-refractivity contribution in [1.82, 2.24) is 9.97 Å². The lowest BCUT2D eigenvalue weighted by Crippen LogP contribution is -2.49. The molecule has 2 unspecified atom stereocenters. The summed E-state index contributed by atoms with van der Waals surface area (Å²) in [5.41, 5.74) is 0. The molecule has 0 amide bonds. The van der Waals surface area contributed by atoms with Crippen LogP contribution in [-0.4, -0.2) is 41.8 Å². The predicted molar refractivity (Wildman–Crippen MR) is 87.0 cm³/mol. The van der Waals surface area contributed by atoms with Gasteiger partial charge < -0.3 is 15.0 Å². The fraction of sp³-hybridized carbons (Fsp3) is 0.750. The van der Waals surface area contributed by atoms with Gasteiger partial charge in [-0.2, -0.15) is 0 Å². The molecule has 21 heavy (non-hydrogen) atoms. The van der Waals surface area contributed by atoms with Gasteiger partial charge in [0.2, 0.25) is 0 Å². The first-order valence-electron chi connectivity index (χ1n) is 8.17. The lowest BCUT2D eigenvalue weighted by atomic mass is 10.1. The summed E-state index contributed by atoms with van der Waals surface area (Å²) in [7, 11) is 0. The molecule has 0 aliphatic carbocycles. The first-order valence-corrected chi connectivity index (χ1v) is 8.17. The van der Waals surface area contributed by atoms with E-state index in [1.165, 1.54) is 0 Å². The summed E-state index contributed by atoms with van der Waals surface area (Å²) < 4.78 is 5.78. The molecule has 2 atom stereocenters. The molecule has 0 bridgehead atoms. The van der Waals surface area contributed by atoms with Crippen molar-refractivity contribution in [2.75, 3.05) is 29.9 Å². The minimum Gasteiger partial charge on any atom is -0.375 e. The highest BCUT2D eigenvalue weighted by molar-refractivity contribution is 5.50. The van der Waals surface area contributed by atoms with Crippen molar-refractivity contribution in [3.63, 3.8) is 0 Å². The van der Waals surface area contributed by atoms with Crippen molar-refractivity contribution in [2.24, 2.45) is 0 Å². The van der Waals surface area contributed by atoms with Crippen molar-refractivity contribution in [3.05, 3.63) is 11.9 Å². The maximum atomic E-state index is 5.78. The first kappa shape index (κ1) is 16.0. The molecule has 0 saturated carbocycles. The Bertz CT molecular complexity index is 452. The van der Waals surface area contributed by atoms with Crippen LogP contribution in [0.25, 0.3) is 0 Å². The number of aromatic nitrogens is 2. The molecular weight excluding hydrogens is 264 g/mol. The molecule has 1 aromatic heterocycles. The second-order valence-electron chi connectivity index (χ2n) is 5.67. The van der Waals surface area contributed by atoms with Gasteiger partial charge in [0.15, 0.2) is 0 Å². The van der Waals surface area contributed by atoms with Crippen molar-refractivity contribution in [3.8, 4) is 0 Å². The van der Waals surface area contributed by atoms with E-state index >= 15 is 0 Å². The number of anilines is 2. The third-order valence-corrected chi connectivity index (χ3v) is 3.86. The molecule has 0 aromatic carbocycles. The molecule has 2 heterocycles. The molecule has 2 rings (SSSR count). The fourth-order valence-electron chi connectivity index (χ4n) is 2.59. The highest BCUT2D eigenvalue weighted by atomic mass is 16.5. The molecule has 1 N–H and O–H groups in total. The number of hydrogen-bond acceptors (Lipinski definition) is 5. The lowest BCUT2D eigenvalue weighted by molar-refractivity contribution is 0.0296. The number of aryl methyl sites for hydroxylation is 1. The van der Waals surface area contributed by atoms with Gasteiger partial charge in [0.1, 0.15) is 17.5 Å². The number of rotatable bonds is 6. The molecule has 0 radical (unpaired) electrons. The molecule has 0 spiro atoms. The van der Waals surface area contributed by atoms with E-state index in [2.05, 4.69) is 49.0 Å². The van der Waals surface area contributed by atoms with E-state index in [1.54, 1.807) is 0 Å². The zero-order chi connectivity index (χ0) is 15.2. The van der Waals surface area contributed by atoms with Gasteiger partial charge in [-0.15, -0.1) is 0 Å². The third-order valence-electron chi connectivity index (χ3n) is 3.86. The van der Waals surface area contributed by atoms with Gasteiger partial charge in [0.05, 0.1) is 18.8 Å². The highest BCUT2D eigenvalue weighted by Gasteiger charge is 2.27. The van der Waals surface area contributed by atoms with Crippen LogP contribution in [0.4, 0.5) is 11.6 Å². The van der Waals surface area contributed by atoms with Gasteiger partial charge in [0, 0.05) is 25.6 Å². The first-order chi connectivity index (χ1) is 10.2. The molecule has 1 aliphatic rings. The van der Waals surface area contributed by atoms with Gasteiger partial charge in [-0.05, 0) is 19.8 Å². The highest BCUT2D eigenvalue weighted by Crippen LogP contribution is 2.24. The molecule has 118 valence electrons. The van der Waals surface area contributed by atoms with E-state index in [9.17, 15) is 0 Å². The Hall–Kier alpha value is -1.36. The third kappa shape index (κ3) is 4.06. The van der Waals surface area contributed by atoms with E-state index in [0.29, 0.717) is 6.04 Å². The Morgan fingerprint density at radius 3 is 2.81 bits per heavy atom. The van der Waals surface area contributed by atoms with Crippen LogP contribution in [0.15, 0.2) is 6.07 Å². The Morgan fingerprint density at radius 1 is 1.33 bits per heavy atom. The number of ether oxygens (including phenoxy) is 1. The Morgan fingerprint density at radius 2 is 2.14 bits per heavy atom. The topological polar surface area (TPSA) is 50.3 Å². The van der Waals surface area contributed by atoms with Gasteiger partial charge >= 0.3 is 0 Å². The maximum absolute atomic E-state index is 5.78. The molecular formula is C16H28N4O. The van der Waals surface area contributed by atoms with Crippen LogP contribution in [0, 0.1) is 0 Å². The Balaban J connectivity index is 2.26. The van der Waals surface area contributed by atoms with Crippen molar-refractivity contribution < 1.29 is 4.74 Å². The molecule has 1 fully saturated rings. The normalized spacial score (nSPS) is 22.4. The van der Waals surface area contributed by atoms with E-state index < -0.39 is 0 Å².